The minimum absolute atomic E-state index is 0.106. The second-order valence-corrected chi connectivity index (χ2v) is 4.51. The van der Waals surface area contributed by atoms with Crippen molar-refractivity contribution in [2.75, 3.05) is 20.1 Å². The Balaban J connectivity index is 2.26. The lowest BCUT2D eigenvalue weighted by Gasteiger charge is -2.19. The summed E-state index contributed by atoms with van der Waals surface area (Å²) in [7, 11) is 1.47. The van der Waals surface area contributed by atoms with E-state index in [0.29, 0.717) is 19.4 Å². The van der Waals surface area contributed by atoms with E-state index in [4.69, 9.17) is 5.73 Å². The standard InChI is InChI=1S/C13H19F3N2/c1-18(10-13(14,15)16)9-5-8-12(17)11-6-3-2-4-7-11/h2-4,6-7,12H,5,8-10,17H2,1H3. The number of nitrogens with two attached hydrogens (primary N) is 1. The summed E-state index contributed by atoms with van der Waals surface area (Å²) in [5, 5.41) is 0. The second kappa shape index (κ2) is 6.75. The zero-order chi connectivity index (χ0) is 13.6. The maximum atomic E-state index is 12.1. The Kier molecular flexibility index (Phi) is 5.62. The topological polar surface area (TPSA) is 29.3 Å². The molecular weight excluding hydrogens is 241 g/mol. The molecule has 0 fully saturated rings. The molecule has 1 unspecified atom stereocenters. The lowest BCUT2D eigenvalue weighted by molar-refractivity contribution is -0.143. The van der Waals surface area contributed by atoms with E-state index >= 15 is 0 Å². The van der Waals surface area contributed by atoms with Gasteiger partial charge in [0.1, 0.15) is 0 Å². The summed E-state index contributed by atoms with van der Waals surface area (Å²) < 4.78 is 36.3. The largest absolute Gasteiger partial charge is 0.401 e. The molecule has 2 N–H and O–H groups in total. The highest BCUT2D eigenvalue weighted by atomic mass is 19.4. The van der Waals surface area contributed by atoms with E-state index in [9.17, 15) is 13.2 Å². The maximum absolute atomic E-state index is 12.1. The van der Waals surface area contributed by atoms with Gasteiger partial charge in [-0.05, 0) is 32.0 Å². The fourth-order valence-corrected chi connectivity index (χ4v) is 1.83. The average Bonchev–Trinajstić information content (AvgIpc) is 2.27. The van der Waals surface area contributed by atoms with Gasteiger partial charge in [-0.1, -0.05) is 30.3 Å². The van der Waals surface area contributed by atoms with Crippen LogP contribution in [0.25, 0.3) is 0 Å². The van der Waals surface area contributed by atoms with Gasteiger partial charge >= 0.3 is 6.18 Å². The smallest absolute Gasteiger partial charge is 0.324 e. The second-order valence-electron chi connectivity index (χ2n) is 4.51. The first-order valence-corrected chi connectivity index (χ1v) is 5.94. The van der Waals surface area contributed by atoms with Gasteiger partial charge < -0.3 is 5.73 Å². The molecule has 0 bridgehead atoms. The van der Waals surface area contributed by atoms with E-state index in [0.717, 1.165) is 5.56 Å². The first-order chi connectivity index (χ1) is 8.38. The molecule has 0 saturated carbocycles. The number of alkyl halides is 3. The zero-order valence-corrected chi connectivity index (χ0v) is 10.5. The summed E-state index contributed by atoms with van der Waals surface area (Å²) in [6.07, 6.45) is -2.79. The lowest BCUT2D eigenvalue weighted by atomic mass is 10.0. The van der Waals surface area contributed by atoms with Gasteiger partial charge in [-0.15, -0.1) is 0 Å². The van der Waals surface area contributed by atoms with Crippen molar-refractivity contribution in [3.63, 3.8) is 0 Å². The van der Waals surface area contributed by atoms with Crippen molar-refractivity contribution >= 4 is 0 Å². The summed E-state index contributed by atoms with van der Waals surface area (Å²) in [6.45, 7) is -0.465. The molecular formula is C13H19F3N2. The van der Waals surface area contributed by atoms with Gasteiger partial charge in [-0.2, -0.15) is 13.2 Å². The van der Waals surface area contributed by atoms with Gasteiger partial charge in [0.25, 0.3) is 0 Å². The van der Waals surface area contributed by atoms with Crippen LogP contribution in [0.3, 0.4) is 0 Å². The van der Waals surface area contributed by atoms with Crippen LogP contribution in [-0.4, -0.2) is 31.2 Å². The molecule has 1 aromatic carbocycles. The van der Waals surface area contributed by atoms with Crippen LogP contribution in [-0.2, 0) is 0 Å². The molecule has 0 radical (unpaired) electrons. The molecule has 2 nitrogen and oxygen atoms in total. The van der Waals surface area contributed by atoms with E-state index in [1.807, 2.05) is 30.3 Å². The van der Waals surface area contributed by atoms with Crippen molar-refractivity contribution in [3.05, 3.63) is 35.9 Å². The predicted molar refractivity (Wildman–Crippen MR) is 66.2 cm³/mol. The number of hydrogen-bond donors (Lipinski definition) is 1. The third-order valence-electron chi connectivity index (χ3n) is 2.73. The SMILES string of the molecule is CN(CCCC(N)c1ccccc1)CC(F)(F)F. The number of nitrogens with zero attached hydrogens (tertiary/aromatic N) is 1. The van der Waals surface area contributed by atoms with Crippen molar-refractivity contribution in [1.29, 1.82) is 0 Å². The molecule has 0 aliphatic rings. The number of halogens is 3. The van der Waals surface area contributed by atoms with Gasteiger partial charge in [0.15, 0.2) is 0 Å². The van der Waals surface area contributed by atoms with Crippen molar-refractivity contribution in [3.8, 4) is 0 Å². The van der Waals surface area contributed by atoms with Gasteiger partial charge in [-0.25, -0.2) is 0 Å². The average molecular weight is 260 g/mol. The third-order valence-corrected chi connectivity index (χ3v) is 2.73. The molecule has 1 atom stereocenters. The third kappa shape index (κ3) is 6.02. The summed E-state index contributed by atoms with van der Waals surface area (Å²) in [5.41, 5.74) is 6.99. The Labute approximate surface area is 106 Å². The van der Waals surface area contributed by atoms with Gasteiger partial charge in [0.05, 0.1) is 6.54 Å². The van der Waals surface area contributed by atoms with Gasteiger partial charge in [-0.3, -0.25) is 4.90 Å². The normalized spacial score (nSPS) is 13.9. The van der Waals surface area contributed by atoms with E-state index in [1.54, 1.807) is 0 Å². The Morgan fingerprint density at radius 1 is 1.22 bits per heavy atom. The molecule has 0 heterocycles. The molecule has 0 aliphatic carbocycles. The molecule has 1 rings (SSSR count). The summed E-state index contributed by atoms with van der Waals surface area (Å²) in [5.74, 6) is 0. The van der Waals surface area contributed by atoms with E-state index in [2.05, 4.69) is 0 Å². The van der Waals surface area contributed by atoms with Crippen LogP contribution < -0.4 is 5.73 Å². The molecule has 0 spiro atoms. The number of hydrogen-bond acceptors (Lipinski definition) is 2. The van der Waals surface area contributed by atoms with Crippen molar-refractivity contribution in [2.45, 2.75) is 25.1 Å². The summed E-state index contributed by atoms with van der Waals surface area (Å²) in [6, 6.07) is 9.49. The Hall–Kier alpha value is -1.07. The Morgan fingerprint density at radius 2 is 1.83 bits per heavy atom. The Bertz CT molecular complexity index is 338. The number of benzene rings is 1. The minimum Gasteiger partial charge on any atom is -0.324 e. The van der Waals surface area contributed by atoms with E-state index in [-0.39, 0.29) is 6.04 Å². The molecule has 5 heteroatoms. The van der Waals surface area contributed by atoms with Crippen LogP contribution in [0.5, 0.6) is 0 Å². The molecule has 18 heavy (non-hydrogen) atoms. The van der Waals surface area contributed by atoms with E-state index in [1.165, 1.54) is 11.9 Å². The van der Waals surface area contributed by atoms with Crippen LogP contribution in [0.15, 0.2) is 30.3 Å². The van der Waals surface area contributed by atoms with E-state index < -0.39 is 12.7 Å². The van der Waals surface area contributed by atoms with Crippen LogP contribution in [0.2, 0.25) is 0 Å². The molecule has 0 aromatic heterocycles. The number of rotatable bonds is 6. The highest BCUT2D eigenvalue weighted by Gasteiger charge is 2.28. The van der Waals surface area contributed by atoms with Crippen LogP contribution >= 0.6 is 0 Å². The summed E-state index contributed by atoms with van der Waals surface area (Å²) >= 11 is 0. The first-order valence-electron chi connectivity index (χ1n) is 5.94. The van der Waals surface area contributed by atoms with Crippen LogP contribution in [0, 0.1) is 0 Å². The highest BCUT2D eigenvalue weighted by molar-refractivity contribution is 5.18. The van der Waals surface area contributed by atoms with Crippen LogP contribution in [0.1, 0.15) is 24.4 Å². The van der Waals surface area contributed by atoms with Gasteiger partial charge in [0, 0.05) is 6.04 Å². The van der Waals surface area contributed by atoms with Crippen molar-refractivity contribution in [1.82, 2.24) is 4.90 Å². The fourth-order valence-electron chi connectivity index (χ4n) is 1.83. The van der Waals surface area contributed by atoms with Gasteiger partial charge in [0.2, 0.25) is 0 Å². The Morgan fingerprint density at radius 3 is 2.39 bits per heavy atom. The molecule has 0 saturated heterocycles. The van der Waals surface area contributed by atoms with Crippen LogP contribution in [0.4, 0.5) is 13.2 Å². The molecule has 0 aliphatic heterocycles. The molecule has 1 aromatic rings. The minimum atomic E-state index is -4.13. The molecule has 0 amide bonds. The zero-order valence-electron chi connectivity index (χ0n) is 10.5. The lowest BCUT2D eigenvalue weighted by Crippen LogP contribution is -2.32. The highest BCUT2D eigenvalue weighted by Crippen LogP contribution is 2.18. The van der Waals surface area contributed by atoms with Crippen molar-refractivity contribution < 1.29 is 13.2 Å². The fraction of sp³-hybridized carbons (Fsp3) is 0.538. The summed E-state index contributed by atoms with van der Waals surface area (Å²) in [4.78, 5) is 1.28. The monoisotopic (exact) mass is 260 g/mol. The molecule has 102 valence electrons. The maximum Gasteiger partial charge on any atom is 0.401 e. The first kappa shape index (κ1) is 15.0. The van der Waals surface area contributed by atoms with Crippen molar-refractivity contribution in [2.24, 2.45) is 5.73 Å². The quantitative estimate of drug-likeness (QED) is 0.852. The predicted octanol–water partition coefficient (Wildman–Crippen LogP) is 2.96.